The maximum absolute atomic E-state index is 13.3. The second-order valence-electron chi connectivity index (χ2n) is 7.59. The summed E-state index contributed by atoms with van der Waals surface area (Å²) in [4.78, 5) is 26.1. The summed E-state index contributed by atoms with van der Waals surface area (Å²) in [6.45, 7) is 1.94. The van der Waals surface area contributed by atoms with E-state index >= 15 is 0 Å². The highest BCUT2D eigenvalue weighted by molar-refractivity contribution is 6.10. The Hall–Kier alpha value is -3.21. The van der Waals surface area contributed by atoms with Crippen LogP contribution in [0.5, 0.6) is 0 Å². The van der Waals surface area contributed by atoms with E-state index in [-0.39, 0.29) is 11.5 Å². The van der Waals surface area contributed by atoms with Gasteiger partial charge in [-0.15, -0.1) is 0 Å². The second kappa shape index (κ2) is 8.43. The van der Waals surface area contributed by atoms with Gasteiger partial charge >= 0.3 is 0 Å². The molecule has 2 aromatic rings. The van der Waals surface area contributed by atoms with Gasteiger partial charge in [-0.3, -0.25) is 14.9 Å². The topological polar surface area (TPSA) is 63.5 Å². The van der Waals surface area contributed by atoms with Crippen molar-refractivity contribution in [3.05, 3.63) is 92.7 Å². The molecule has 1 fully saturated rings. The Kier molecular flexibility index (Phi) is 5.56. The van der Waals surface area contributed by atoms with E-state index in [9.17, 15) is 14.9 Å². The summed E-state index contributed by atoms with van der Waals surface area (Å²) in [5, 5.41) is 10.9. The SMILES string of the molecule is O=C(C1=C(N2CCCCC2)/C(=C/c2ccccc2)CC1)c1ccc([N+](=O)[O-])cc1. The number of nitro benzene ring substituents is 1. The molecule has 0 saturated carbocycles. The van der Waals surface area contributed by atoms with Gasteiger partial charge in [0.05, 0.1) is 4.92 Å². The average Bonchev–Trinajstić information content (AvgIpc) is 3.18. The summed E-state index contributed by atoms with van der Waals surface area (Å²) < 4.78 is 0. The molecular formula is C24H24N2O3. The first-order chi connectivity index (χ1) is 14.1. The van der Waals surface area contributed by atoms with Crippen LogP contribution in [0.15, 0.2) is 71.4 Å². The number of ketones is 1. The third-order valence-electron chi connectivity index (χ3n) is 5.66. The summed E-state index contributed by atoms with van der Waals surface area (Å²) in [6, 6.07) is 16.2. The predicted octanol–water partition coefficient (Wildman–Crippen LogP) is 5.39. The normalized spacial score (nSPS) is 18.3. The Morgan fingerprint density at radius 1 is 0.931 bits per heavy atom. The summed E-state index contributed by atoms with van der Waals surface area (Å²) >= 11 is 0. The highest BCUT2D eigenvalue weighted by Crippen LogP contribution is 2.38. The van der Waals surface area contributed by atoms with Crippen molar-refractivity contribution >= 4 is 17.5 Å². The Morgan fingerprint density at radius 2 is 1.62 bits per heavy atom. The van der Waals surface area contributed by atoms with Gasteiger partial charge in [0.25, 0.3) is 5.69 Å². The number of carbonyl (C=O) groups excluding carboxylic acids is 1. The zero-order valence-electron chi connectivity index (χ0n) is 16.3. The molecule has 2 aromatic carbocycles. The number of piperidine rings is 1. The van der Waals surface area contributed by atoms with Crippen LogP contribution in [0.3, 0.4) is 0 Å². The first-order valence-corrected chi connectivity index (χ1v) is 10.2. The fraction of sp³-hybridized carbons (Fsp3) is 0.292. The van der Waals surface area contributed by atoms with E-state index in [0.717, 1.165) is 49.2 Å². The predicted molar refractivity (Wildman–Crippen MR) is 114 cm³/mol. The zero-order chi connectivity index (χ0) is 20.2. The van der Waals surface area contributed by atoms with Crippen LogP contribution in [-0.4, -0.2) is 28.7 Å². The fourth-order valence-electron chi connectivity index (χ4n) is 4.22. The molecular weight excluding hydrogens is 364 g/mol. The molecule has 0 unspecified atom stereocenters. The summed E-state index contributed by atoms with van der Waals surface area (Å²) in [7, 11) is 0. The molecule has 4 rings (SSSR count). The Balaban J connectivity index is 1.72. The average molecular weight is 388 g/mol. The molecule has 1 aliphatic heterocycles. The van der Waals surface area contributed by atoms with Crippen molar-refractivity contribution in [2.75, 3.05) is 13.1 Å². The van der Waals surface area contributed by atoms with Crippen molar-refractivity contribution in [1.82, 2.24) is 4.90 Å². The number of non-ortho nitro benzene ring substituents is 1. The monoisotopic (exact) mass is 388 g/mol. The van der Waals surface area contributed by atoms with Crippen LogP contribution in [0.25, 0.3) is 6.08 Å². The van der Waals surface area contributed by atoms with Crippen LogP contribution in [-0.2, 0) is 0 Å². The molecule has 148 valence electrons. The molecule has 0 spiro atoms. The third kappa shape index (κ3) is 4.14. The first kappa shape index (κ1) is 19.1. The lowest BCUT2D eigenvalue weighted by Crippen LogP contribution is -2.30. The van der Waals surface area contributed by atoms with Crippen LogP contribution < -0.4 is 0 Å². The standard InChI is InChI=1S/C24H24N2O3/c27-24(19-9-12-21(13-10-19)26(28)29)22-14-11-20(17-18-7-3-1-4-8-18)23(22)25-15-5-2-6-16-25/h1,3-4,7-10,12-13,17H,2,5-6,11,14-16H2/b20-17+. The van der Waals surface area contributed by atoms with Gasteiger partial charge in [-0.25, -0.2) is 0 Å². The van der Waals surface area contributed by atoms with Gasteiger partial charge in [-0.05, 0) is 61.4 Å². The van der Waals surface area contributed by atoms with Crippen molar-refractivity contribution in [3.8, 4) is 0 Å². The van der Waals surface area contributed by atoms with Gasteiger partial charge in [0, 0.05) is 42.1 Å². The van der Waals surface area contributed by atoms with Gasteiger partial charge in [0.1, 0.15) is 0 Å². The molecule has 0 aromatic heterocycles. The largest absolute Gasteiger partial charge is 0.371 e. The lowest BCUT2D eigenvalue weighted by Gasteiger charge is -2.31. The molecule has 1 saturated heterocycles. The molecule has 0 amide bonds. The van der Waals surface area contributed by atoms with Crippen LogP contribution in [0.4, 0.5) is 5.69 Å². The van der Waals surface area contributed by atoms with E-state index in [0.29, 0.717) is 12.0 Å². The second-order valence-corrected chi connectivity index (χ2v) is 7.59. The molecule has 5 heteroatoms. The Bertz CT molecular complexity index is 969. The molecule has 0 radical (unpaired) electrons. The summed E-state index contributed by atoms with van der Waals surface area (Å²) in [5.74, 6) is -0.0167. The Labute approximate surface area is 170 Å². The molecule has 29 heavy (non-hydrogen) atoms. The van der Waals surface area contributed by atoms with E-state index in [1.54, 1.807) is 12.1 Å². The number of benzene rings is 2. The van der Waals surface area contributed by atoms with E-state index in [1.165, 1.54) is 24.1 Å². The highest BCUT2D eigenvalue weighted by Gasteiger charge is 2.30. The van der Waals surface area contributed by atoms with E-state index < -0.39 is 4.92 Å². The van der Waals surface area contributed by atoms with Crippen LogP contribution >= 0.6 is 0 Å². The lowest BCUT2D eigenvalue weighted by atomic mass is 10.00. The molecule has 2 aliphatic rings. The minimum Gasteiger partial charge on any atom is -0.371 e. The first-order valence-electron chi connectivity index (χ1n) is 10.2. The molecule has 5 nitrogen and oxygen atoms in total. The smallest absolute Gasteiger partial charge is 0.269 e. The summed E-state index contributed by atoms with van der Waals surface area (Å²) in [6.07, 6.45) is 7.25. The van der Waals surface area contributed by atoms with Crippen LogP contribution in [0.1, 0.15) is 48.0 Å². The van der Waals surface area contributed by atoms with Crippen molar-refractivity contribution in [2.24, 2.45) is 0 Å². The molecule has 0 bridgehead atoms. The number of carbonyl (C=O) groups is 1. The van der Waals surface area contributed by atoms with Crippen molar-refractivity contribution in [1.29, 1.82) is 0 Å². The van der Waals surface area contributed by atoms with Crippen molar-refractivity contribution in [3.63, 3.8) is 0 Å². The van der Waals surface area contributed by atoms with Crippen LogP contribution in [0.2, 0.25) is 0 Å². The molecule has 0 atom stereocenters. The molecule has 1 aliphatic carbocycles. The number of Topliss-reactive ketones (excluding diaryl/α,β-unsaturated/α-hetero) is 1. The number of rotatable bonds is 5. The lowest BCUT2D eigenvalue weighted by molar-refractivity contribution is -0.384. The number of likely N-dealkylation sites (tertiary alicyclic amines) is 1. The Morgan fingerprint density at radius 3 is 2.28 bits per heavy atom. The van der Waals surface area contributed by atoms with Gasteiger partial charge in [-0.2, -0.15) is 0 Å². The number of allylic oxidation sites excluding steroid dienone is 2. The van der Waals surface area contributed by atoms with E-state index in [2.05, 4.69) is 23.1 Å². The number of hydrogen-bond donors (Lipinski definition) is 0. The maximum Gasteiger partial charge on any atom is 0.269 e. The minimum atomic E-state index is -0.442. The zero-order valence-corrected chi connectivity index (χ0v) is 16.3. The van der Waals surface area contributed by atoms with Crippen LogP contribution in [0, 0.1) is 10.1 Å². The number of hydrogen-bond acceptors (Lipinski definition) is 4. The van der Waals surface area contributed by atoms with Crippen molar-refractivity contribution in [2.45, 2.75) is 32.1 Å². The van der Waals surface area contributed by atoms with E-state index in [1.807, 2.05) is 18.2 Å². The summed E-state index contributed by atoms with van der Waals surface area (Å²) in [5.41, 5.74) is 4.79. The van der Waals surface area contributed by atoms with Gasteiger partial charge in [0.15, 0.2) is 5.78 Å². The third-order valence-corrected chi connectivity index (χ3v) is 5.66. The minimum absolute atomic E-state index is 0.00266. The molecule has 1 heterocycles. The molecule has 0 N–H and O–H groups in total. The van der Waals surface area contributed by atoms with E-state index in [4.69, 9.17) is 0 Å². The maximum atomic E-state index is 13.3. The van der Waals surface area contributed by atoms with Crippen molar-refractivity contribution < 1.29 is 9.72 Å². The van der Waals surface area contributed by atoms with Gasteiger partial charge in [0.2, 0.25) is 0 Å². The fourth-order valence-corrected chi connectivity index (χ4v) is 4.22. The number of nitrogens with zero attached hydrogens (tertiary/aromatic N) is 2. The highest BCUT2D eigenvalue weighted by atomic mass is 16.6. The van der Waals surface area contributed by atoms with Gasteiger partial charge < -0.3 is 4.90 Å². The number of nitro groups is 1. The van der Waals surface area contributed by atoms with Gasteiger partial charge in [-0.1, -0.05) is 30.3 Å². The quantitative estimate of drug-likeness (QED) is 0.391.